The lowest BCUT2D eigenvalue weighted by molar-refractivity contribution is -0.122. The number of nitrogens with zero attached hydrogens (tertiary/aromatic N) is 3. The zero-order valence-corrected chi connectivity index (χ0v) is 18.0. The number of sulfonamides is 1. The van der Waals surface area contributed by atoms with Crippen LogP contribution in [0.4, 0.5) is 5.69 Å². The van der Waals surface area contributed by atoms with Gasteiger partial charge in [0.15, 0.2) is 0 Å². The first-order chi connectivity index (χ1) is 13.8. The van der Waals surface area contributed by atoms with Gasteiger partial charge in [-0.15, -0.1) is 11.3 Å². The molecule has 1 aromatic carbocycles. The summed E-state index contributed by atoms with van der Waals surface area (Å²) in [4.78, 5) is 17.7. The predicted molar refractivity (Wildman–Crippen MR) is 112 cm³/mol. The minimum absolute atomic E-state index is 0.00786. The van der Waals surface area contributed by atoms with Crippen molar-refractivity contribution < 1.29 is 17.7 Å². The number of rotatable bonds is 8. The van der Waals surface area contributed by atoms with Crippen molar-refractivity contribution in [1.29, 1.82) is 0 Å². The molecule has 1 amide bonds. The fourth-order valence-electron chi connectivity index (χ4n) is 2.83. The van der Waals surface area contributed by atoms with Gasteiger partial charge in [0, 0.05) is 0 Å². The Bertz CT molecular complexity index is 1060. The van der Waals surface area contributed by atoms with Crippen molar-refractivity contribution in [2.45, 2.75) is 32.9 Å². The Morgan fingerprint density at radius 3 is 2.59 bits per heavy atom. The van der Waals surface area contributed by atoms with E-state index in [-0.39, 0.29) is 12.4 Å². The molecule has 8 nitrogen and oxygen atoms in total. The summed E-state index contributed by atoms with van der Waals surface area (Å²) >= 11 is 1.48. The maximum absolute atomic E-state index is 12.6. The van der Waals surface area contributed by atoms with E-state index >= 15 is 0 Å². The third-order valence-corrected chi connectivity index (χ3v) is 6.42. The van der Waals surface area contributed by atoms with Crippen LogP contribution in [0.1, 0.15) is 25.3 Å². The fourth-order valence-corrected chi connectivity index (χ4v) is 4.65. The molecule has 0 fully saturated rings. The van der Waals surface area contributed by atoms with Crippen LogP contribution in [0.3, 0.4) is 0 Å². The number of thiophene rings is 1. The molecule has 154 valence electrons. The van der Waals surface area contributed by atoms with Gasteiger partial charge in [0.25, 0.3) is 0 Å². The van der Waals surface area contributed by atoms with Gasteiger partial charge in [-0.3, -0.25) is 9.10 Å². The number of carbonyl (C=O) groups excluding carboxylic acids is 1. The lowest BCUT2D eigenvalue weighted by atomic mass is 10.1. The topological polar surface area (TPSA) is 105 Å². The highest BCUT2D eigenvalue weighted by atomic mass is 32.2. The average molecular weight is 435 g/mol. The van der Waals surface area contributed by atoms with Crippen molar-refractivity contribution >= 4 is 33.0 Å². The number of benzene rings is 1. The molecule has 10 heteroatoms. The van der Waals surface area contributed by atoms with Gasteiger partial charge < -0.3 is 9.84 Å². The maximum atomic E-state index is 12.6. The van der Waals surface area contributed by atoms with Crippen LogP contribution in [0.2, 0.25) is 0 Å². The first-order valence-electron chi connectivity index (χ1n) is 9.02. The van der Waals surface area contributed by atoms with Crippen LogP contribution in [-0.2, 0) is 27.8 Å². The monoisotopic (exact) mass is 434 g/mol. The number of nitrogens with one attached hydrogen (secondary N) is 1. The second-order valence-electron chi connectivity index (χ2n) is 6.46. The summed E-state index contributed by atoms with van der Waals surface area (Å²) in [6.07, 6.45) is 1.92. The number of amides is 1. The molecule has 2 aromatic heterocycles. The van der Waals surface area contributed by atoms with Crippen molar-refractivity contribution in [3.63, 3.8) is 0 Å². The summed E-state index contributed by atoms with van der Waals surface area (Å²) in [6, 6.07) is 9.91. The summed E-state index contributed by atoms with van der Waals surface area (Å²) in [7, 11) is -3.67. The number of hydrogen-bond acceptors (Lipinski definition) is 7. The van der Waals surface area contributed by atoms with E-state index in [1.807, 2.05) is 36.6 Å². The van der Waals surface area contributed by atoms with Gasteiger partial charge in [-0.2, -0.15) is 4.98 Å². The number of carbonyl (C=O) groups is 1. The van der Waals surface area contributed by atoms with Gasteiger partial charge >= 0.3 is 0 Å². The van der Waals surface area contributed by atoms with E-state index in [9.17, 15) is 13.2 Å². The lowest BCUT2D eigenvalue weighted by Gasteiger charge is -2.28. The van der Waals surface area contributed by atoms with Crippen molar-refractivity contribution in [1.82, 2.24) is 15.5 Å². The van der Waals surface area contributed by atoms with Crippen LogP contribution in [0.25, 0.3) is 10.7 Å². The number of aryl methyl sites for hydroxylation is 1. The second kappa shape index (κ2) is 8.75. The van der Waals surface area contributed by atoms with Crippen molar-refractivity contribution in [2.75, 3.05) is 10.6 Å². The second-order valence-corrected chi connectivity index (χ2v) is 9.27. The fraction of sp³-hybridized carbons (Fsp3) is 0.316. The smallest absolute Gasteiger partial charge is 0.246 e. The minimum atomic E-state index is -3.67. The molecular weight excluding hydrogens is 412 g/mol. The first-order valence-corrected chi connectivity index (χ1v) is 11.7. The zero-order chi connectivity index (χ0) is 21.0. The van der Waals surface area contributed by atoms with E-state index in [2.05, 4.69) is 15.5 Å². The molecule has 0 saturated heterocycles. The number of anilines is 1. The summed E-state index contributed by atoms with van der Waals surface area (Å²) < 4.78 is 31.0. The van der Waals surface area contributed by atoms with E-state index in [1.165, 1.54) is 18.3 Å². The zero-order valence-electron chi connectivity index (χ0n) is 16.3. The van der Waals surface area contributed by atoms with E-state index in [1.54, 1.807) is 12.1 Å². The first kappa shape index (κ1) is 21.0. The predicted octanol–water partition coefficient (Wildman–Crippen LogP) is 2.83. The summed E-state index contributed by atoms with van der Waals surface area (Å²) in [6.45, 7) is 3.56. The van der Waals surface area contributed by atoms with Crippen LogP contribution in [0.15, 0.2) is 46.3 Å². The standard InChI is InChI=1S/C19H22N4O4S2/c1-4-14-7-9-15(10-8-14)23(29(3,25)26)13(2)19(24)20-12-17-21-18(22-27-17)16-6-5-11-28-16/h5-11,13H,4,12H2,1-3H3,(H,20,24)/t13-/m0/s1. The van der Waals surface area contributed by atoms with Gasteiger partial charge in [-0.1, -0.05) is 30.3 Å². The molecular formula is C19H22N4O4S2. The Hall–Kier alpha value is -2.72. The molecule has 0 saturated carbocycles. The Balaban J connectivity index is 1.70. The van der Waals surface area contributed by atoms with Crippen molar-refractivity contribution in [2.24, 2.45) is 0 Å². The summed E-state index contributed by atoms with van der Waals surface area (Å²) in [5.41, 5.74) is 1.52. The normalized spacial score (nSPS) is 12.5. The lowest BCUT2D eigenvalue weighted by Crippen LogP contribution is -2.47. The van der Waals surface area contributed by atoms with E-state index in [0.717, 1.165) is 27.4 Å². The molecule has 0 spiro atoms. The molecule has 1 atom stereocenters. The minimum Gasteiger partial charge on any atom is -0.345 e. The highest BCUT2D eigenvalue weighted by molar-refractivity contribution is 7.92. The molecule has 3 aromatic rings. The van der Waals surface area contributed by atoms with Crippen LogP contribution in [0, 0.1) is 0 Å². The Labute approximate surface area is 173 Å². The molecule has 0 bridgehead atoms. The molecule has 2 heterocycles. The Morgan fingerprint density at radius 2 is 2.00 bits per heavy atom. The SMILES string of the molecule is CCc1ccc(N([C@@H](C)C(=O)NCc2nc(-c3cccs3)no2)S(C)(=O)=O)cc1. The third-order valence-electron chi connectivity index (χ3n) is 4.31. The average Bonchev–Trinajstić information content (AvgIpc) is 3.37. The maximum Gasteiger partial charge on any atom is 0.246 e. The quantitative estimate of drug-likeness (QED) is 0.584. The van der Waals surface area contributed by atoms with Gasteiger partial charge in [0.1, 0.15) is 6.04 Å². The van der Waals surface area contributed by atoms with Gasteiger partial charge in [0.05, 0.1) is 23.4 Å². The van der Waals surface area contributed by atoms with Crippen molar-refractivity contribution in [3.8, 4) is 10.7 Å². The van der Waals surface area contributed by atoms with Gasteiger partial charge in [-0.25, -0.2) is 8.42 Å². The number of aromatic nitrogens is 2. The molecule has 0 aliphatic heterocycles. The third kappa shape index (κ3) is 5.01. The Morgan fingerprint density at radius 1 is 1.28 bits per heavy atom. The highest BCUT2D eigenvalue weighted by Gasteiger charge is 2.29. The van der Waals surface area contributed by atoms with E-state index in [0.29, 0.717) is 11.5 Å². The number of hydrogen-bond donors (Lipinski definition) is 1. The molecule has 0 unspecified atom stereocenters. The van der Waals surface area contributed by atoms with Gasteiger partial charge in [-0.05, 0) is 42.5 Å². The van der Waals surface area contributed by atoms with E-state index in [4.69, 9.17) is 4.52 Å². The Kier molecular flexibility index (Phi) is 6.33. The molecule has 29 heavy (non-hydrogen) atoms. The van der Waals surface area contributed by atoms with Crippen LogP contribution >= 0.6 is 11.3 Å². The molecule has 3 rings (SSSR count). The van der Waals surface area contributed by atoms with Crippen LogP contribution < -0.4 is 9.62 Å². The van der Waals surface area contributed by atoms with E-state index < -0.39 is 22.0 Å². The molecule has 0 aliphatic carbocycles. The summed E-state index contributed by atoms with van der Waals surface area (Å²) in [5, 5.41) is 8.46. The van der Waals surface area contributed by atoms with Crippen LogP contribution in [-0.4, -0.2) is 36.8 Å². The molecule has 0 aliphatic rings. The van der Waals surface area contributed by atoms with Crippen LogP contribution in [0.5, 0.6) is 0 Å². The largest absolute Gasteiger partial charge is 0.345 e. The summed E-state index contributed by atoms with van der Waals surface area (Å²) in [5.74, 6) is 0.226. The molecule has 0 radical (unpaired) electrons. The highest BCUT2D eigenvalue weighted by Crippen LogP contribution is 2.23. The molecule has 1 N–H and O–H groups in total. The van der Waals surface area contributed by atoms with Gasteiger partial charge in [0.2, 0.25) is 27.6 Å². The van der Waals surface area contributed by atoms with Crippen molar-refractivity contribution in [3.05, 3.63) is 53.2 Å².